The van der Waals surface area contributed by atoms with Crippen LogP contribution in [0.3, 0.4) is 0 Å². The molecule has 9 nitrogen and oxygen atoms in total. The first-order valence-corrected chi connectivity index (χ1v) is 7.71. The summed E-state index contributed by atoms with van der Waals surface area (Å²) < 4.78 is 6.58. The van der Waals surface area contributed by atoms with E-state index in [1.165, 1.54) is 6.20 Å². The van der Waals surface area contributed by atoms with Crippen molar-refractivity contribution < 1.29 is 19.7 Å². The number of aliphatic hydroxyl groups is 2. The Kier molecular flexibility index (Phi) is 5.76. The molecule has 1 aromatic rings. The summed E-state index contributed by atoms with van der Waals surface area (Å²) >= 11 is 3.97. The number of aliphatic hydroxyl groups excluding tert-OH is 2. The van der Waals surface area contributed by atoms with Gasteiger partial charge >= 0.3 is 5.69 Å². The average molecular weight is 344 g/mol. The van der Waals surface area contributed by atoms with Gasteiger partial charge in [-0.3, -0.25) is 9.36 Å². The number of hydrogen-bond acceptors (Lipinski definition) is 9. The minimum atomic E-state index is -0.892. The number of anilines is 1. The van der Waals surface area contributed by atoms with Crippen molar-refractivity contribution in [3.63, 3.8) is 0 Å². The van der Waals surface area contributed by atoms with E-state index in [0.29, 0.717) is 5.56 Å². The van der Waals surface area contributed by atoms with Crippen molar-refractivity contribution in [3.8, 4) is 0 Å². The van der Waals surface area contributed by atoms with Crippen molar-refractivity contribution in [1.82, 2.24) is 9.55 Å². The van der Waals surface area contributed by atoms with Crippen LogP contribution in [0.5, 0.6) is 0 Å². The predicted octanol–water partition coefficient (Wildman–Crippen LogP) is -2.17. The first-order chi connectivity index (χ1) is 10.9. The van der Waals surface area contributed by atoms with Crippen LogP contribution in [0.1, 0.15) is 18.2 Å². The van der Waals surface area contributed by atoms with Gasteiger partial charge in [0.25, 0.3) is 0 Å². The van der Waals surface area contributed by atoms with Crippen LogP contribution in [0.2, 0.25) is 0 Å². The van der Waals surface area contributed by atoms with Crippen molar-refractivity contribution >= 4 is 24.2 Å². The summed E-state index contributed by atoms with van der Waals surface area (Å²) in [7, 11) is 0. The Balaban J connectivity index is 2.27. The van der Waals surface area contributed by atoms with Gasteiger partial charge in [-0.15, -0.1) is 0 Å². The molecule has 4 atom stereocenters. The van der Waals surface area contributed by atoms with Crippen LogP contribution in [0.4, 0.5) is 5.82 Å². The molecule has 0 spiro atoms. The molecule has 0 bridgehead atoms. The lowest BCUT2D eigenvalue weighted by Gasteiger charge is -2.16. The summed E-state index contributed by atoms with van der Waals surface area (Å²) in [5, 5.41) is 18.9. The lowest BCUT2D eigenvalue weighted by Crippen LogP contribution is -2.35. The van der Waals surface area contributed by atoms with E-state index >= 15 is 0 Å². The number of ether oxygens (including phenoxy) is 1. The number of nitrogens with two attached hydrogens (primary N) is 2. The van der Waals surface area contributed by atoms with Crippen molar-refractivity contribution in [1.29, 1.82) is 0 Å². The lowest BCUT2D eigenvalue weighted by atomic mass is 10.1. The molecule has 1 aliphatic heterocycles. The van der Waals surface area contributed by atoms with Crippen LogP contribution in [0.25, 0.3) is 0 Å². The smallest absolute Gasteiger partial charge is 0.351 e. The van der Waals surface area contributed by atoms with E-state index in [-0.39, 0.29) is 36.8 Å². The fourth-order valence-electron chi connectivity index (χ4n) is 2.34. The van der Waals surface area contributed by atoms with E-state index in [1.807, 2.05) is 0 Å². The summed E-state index contributed by atoms with van der Waals surface area (Å²) in [4.78, 5) is 27.6. The molecule has 0 amide bonds. The third kappa shape index (κ3) is 3.90. The zero-order valence-corrected chi connectivity index (χ0v) is 13.2. The number of thiol groups is 1. The zero-order chi connectivity index (χ0) is 17.1. The van der Waals surface area contributed by atoms with E-state index in [0.717, 1.165) is 4.57 Å². The van der Waals surface area contributed by atoms with Crippen molar-refractivity contribution in [3.05, 3.63) is 22.2 Å². The average Bonchev–Trinajstić information content (AvgIpc) is 2.89. The van der Waals surface area contributed by atoms with E-state index in [4.69, 9.17) is 21.3 Å². The second-order valence-electron chi connectivity index (χ2n) is 5.39. The number of carbonyl (C=O) groups is 1. The number of carbonyl (C=O) groups excluding carboxylic acids is 1. The van der Waals surface area contributed by atoms with E-state index in [9.17, 15) is 14.7 Å². The monoisotopic (exact) mass is 344 g/mol. The zero-order valence-electron chi connectivity index (χ0n) is 12.3. The molecular weight excluding hydrogens is 324 g/mol. The van der Waals surface area contributed by atoms with Crippen LogP contribution in [0.15, 0.2) is 11.0 Å². The SMILES string of the molecule is Nc1nc(=O)n([C@H]2CC(O)[C@@H](CO)O2)cc1CC(=O)C(N)CS. The second-order valence-corrected chi connectivity index (χ2v) is 5.75. The van der Waals surface area contributed by atoms with Gasteiger partial charge in [-0.25, -0.2) is 4.79 Å². The Hall–Kier alpha value is -1.46. The van der Waals surface area contributed by atoms with Crippen molar-refractivity contribution in [2.24, 2.45) is 5.73 Å². The van der Waals surface area contributed by atoms with Crippen LogP contribution < -0.4 is 17.2 Å². The fraction of sp³-hybridized carbons (Fsp3) is 0.615. The maximum absolute atomic E-state index is 12.0. The van der Waals surface area contributed by atoms with Crippen molar-refractivity contribution in [2.75, 3.05) is 18.1 Å². The number of rotatable bonds is 6. The number of nitrogens with zero attached hydrogens (tertiary/aromatic N) is 2. The van der Waals surface area contributed by atoms with Gasteiger partial charge in [0.05, 0.1) is 18.8 Å². The quantitative estimate of drug-likeness (QED) is 0.366. The molecular formula is C13H20N4O5S. The summed E-state index contributed by atoms with van der Waals surface area (Å²) in [6.07, 6.45) is -1.02. The molecule has 2 heterocycles. The molecule has 0 saturated carbocycles. The Bertz CT molecular complexity index is 637. The number of aromatic nitrogens is 2. The van der Waals surface area contributed by atoms with Gasteiger partial charge in [0.2, 0.25) is 0 Å². The molecule has 1 fully saturated rings. The van der Waals surface area contributed by atoms with Gasteiger partial charge in [0, 0.05) is 30.4 Å². The molecule has 0 radical (unpaired) electrons. The Morgan fingerprint density at radius 2 is 2.30 bits per heavy atom. The first-order valence-electron chi connectivity index (χ1n) is 7.08. The highest BCUT2D eigenvalue weighted by Crippen LogP contribution is 2.27. The van der Waals surface area contributed by atoms with Crippen molar-refractivity contribution in [2.45, 2.75) is 37.3 Å². The van der Waals surface area contributed by atoms with Crippen LogP contribution >= 0.6 is 12.6 Å². The molecule has 1 aromatic heterocycles. The molecule has 2 rings (SSSR count). The number of Topliss-reactive ketones (excluding diaryl/α,β-unsaturated/α-hetero) is 1. The van der Waals surface area contributed by atoms with Crippen LogP contribution in [-0.4, -0.2) is 56.2 Å². The van der Waals surface area contributed by atoms with Gasteiger partial charge in [-0.1, -0.05) is 0 Å². The fourth-order valence-corrected chi connectivity index (χ4v) is 2.54. The maximum Gasteiger partial charge on any atom is 0.351 e. The molecule has 2 unspecified atom stereocenters. The minimum absolute atomic E-state index is 0.0526. The lowest BCUT2D eigenvalue weighted by molar-refractivity contribution is -0.119. The standard InChI is InChI=1S/C13H20N4O5S/c14-7(5-23)8(19)1-6-3-17(13(21)16-12(6)15)11-2-9(20)10(4-18)22-11/h3,7,9-11,18,20,23H,1-2,4-5,14H2,(H2,15,16,21)/t7?,9?,10-,11-/m1/s1. The second kappa shape index (κ2) is 7.41. The summed E-state index contributed by atoms with van der Waals surface area (Å²) in [5.41, 5.74) is 11.0. The van der Waals surface area contributed by atoms with E-state index < -0.39 is 30.2 Å². The van der Waals surface area contributed by atoms with Crippen LogP contribution in [0, 0.1) is 0 Å². The number of nitrogen functional groups attached to an aromatic ring is 1. The molecule has 1 saturated heterocycles. The molecule has 1 aliphatic rings. The number of hydrogen-bond donors (Lipinski definition) is 5. The first kappa shape index (κ1) is 17.9. The van der Waals surface area contributed by atoms with Gasteiger partial charge in [-0.2, -0.15) is 17.6 Å². The maximum atomic E-state index is 12.0. The highest BCUT2D eigenvalue weighted by atomic mass is 32.1. The molecule has 10 heteroatoms. The van der Waals surface area contributed by atoms with Gasteiger partial charge in [0.15, 0.2) is 5.78 Å². The van der Waals surface area contributed by atoms with Gasteiger partial charge in [-0.05, 0) is 0 Å². The van der Waals surface area contributed by atoms with E-state index in [1.54, 1.807) is 0 Å². The van der Waals surface area contributed by atoms with Gasteiger partial charge in [0.1, 0.15) is 18.1 Å². The van der Waals surface area contributed by atoms with Crippen LogP contribution in [-0.2, 0) is 16.0 Å². The molecule has 23 heavy (non-hydrogen) atoms. The molecule has 128 valence electrons. The Morgan fingerprint density at radius 3 is 2.87 bits per heavy atom. The Labute approximate surface area is 137 Å². The predicted molar refractivity (Wildman–Crippen MR) is 85.1 cm³/mol. The third-order valence-corrected chi connectivity index (χ3v) is 4.12. The highest BCUT2D eigenvalue weighted by Gasteiger charge is 2.35. The normalized spacial score (nSPS) is 25.5. The largest absolute Gasteiger partial charge is 0.394 e. The summed E-state index contributed by atoms with van der Waals surface area (Å²) in [5.74, 6) is -0.135. The topological polar surface area (TPSA) is 154 Å². The number of ketones is 1. The van der Waals surface area contributed by atoms with E-state index in [2.05, 4.69) is 17.6 Å². The Morgan fingerprint density at radius 1 is 1.61 bits per heavy atom. The summed E-state index contributed by atoms with van der Waals surface area (Å²) in [6, 6.07) is -0.735. The van der Waals surface area contributed by atoms with Gasteiger partial charge < -0.3 is 26.4 Å². The molecule has 0 aromatic carbocycles. The third-order valence-electron chi connectivity index (χ3n) is 3.73. The minimum Gasteiger partial charge on any atom is -0.394 e. The molecule has 6 N–H and O–H groups in total. The highest BCUT2D eigenvalue weighted by molar-refractivity contribution is 7.80. The molecule has 0 aliphatic carbocycles. The summed E-state index contributed by atoms with van der Waals surface area (Å²) in [6.45, 7) is -0.364.